The van der Waals surface area contributed by atoms with Crippen molar-refractivity contribution in [3.63, 3.8) is 0 Å². The third-order valence-electron chi connectivity index (χ3n) is 2.47. The van der Waals surface area contributed by atoms with Gasteiger partial charge in [-0.2, -0.15) is 0 Å². The molecule has 0 aliphatic heterocycles. The molecule has 1 aromatic carbocycles. The van der Waals surface area contributed by atoms with Crippen molar-refractivity contribution < 1.29 is 0 Å². The molecule has 0 amide bonds. The highest BCUT2D eigenvalue weighted by molar-refractivity contribution is 5.22. The van der Waals surface area contributed by atoms with Crippen molar-refractivity contribution in [2.75, 3.05) is 0 Å². The monoisotopic (exact) mass is 188 g/mol. The molecule has 0 aliphatic carbocycles. The Morgan fingerprint density at radius 2 is 1.93 bits per heavy atom. The predicted octanol–water partition coefficient (Wildman–Crippen LogP) is 4.54. The molecule has 76 valence electrons. The Bertz CT molecular complexity index is 259. The molecule has 0 aromatic heterocycles. The SMILES string of the molecule is CCCC/C=C/[C@H](C)c1ccccc1. The van der Waals surface area contributed by atoms with Gasteiger partial charge in [-0.25, -0.2) is 0 Å². The topological polar surface area (TPSA) is 0 Å². The fourth-order valence-corrected chi connectivity index (χ4v) is 1.49. The number of rotatable bonds is 5. The minimum Gasteiger partial charge on any atom is -0.0879 e. The molecule has 1 rings (SSSR count). The van der Waals surface area contributed by atoms with Gasteiger partial charge in [-0.1, -0.05) is 69.2 Å². The minimum atomic E-state index is 0.549. The molecule has 0 unspecified atom stereocenters. The number of unbranched alkanes of at least 4 members (excludes halogenated alkanes) is 2. The van der Waals surface area contributed by atoms with Crippen LogP contribution in [-0.4, -0.2) is 0 Å². The van der Waals surface area contributed by atoms with E-state index in [-0.39, 0.29) is 0 Å². The Morgan fingerprint density at radius 3 is 2.57 bits per heavy atom. The van der Waals surface area contributed by atoms with Crippen LogP contribution < -0.4 is 0 Å². The van der Waals surface area contributed by atoms with Crippen LogP contribution in [0, 0.1) is 0 Å². The van der Waals surface area contributed by atoms with Crippen molar-refractivity contribution in [3.8, 4) is 0 Å². The van der Waals surface area contributed by atoms with Crippen LogP contribution in [0.15, 0.2) is 42.5 Å². The van der Waals surface area contributed by atoms with Crippen molar-refractivity contribution in [1.29, 1.82) is 0 Å². The van der Waals surface area contributed by atoms with E-state index >= 15 is 0 Å². The molecule has 1 aromatic rings. The molecule has 1 atom stereocenters. The van der Waals surface area contributed by atoms with E-state index in [0.717, 1.165) is 0 Å². The molecule has 0 saturated carbocycles. The normalized spacial score (nSPS) is 13.3. The Kier molecular flexibility index (Phi) is 5.06. The van der Waals surface area contributed by atoms with Gasteiger partial charge in [0, 0.05) is 0 Å². The molecule has 0 nitrogen and oxygen atoms in total. The lowest BCUT2D eigenvalue weighted by atomic mass is 10.0. The summed E-state index contributed by atoms with van der Waals surface area (Å²) in [6.07, 6.45) is 8.42. The smallest absolute Gasteiger partial charge is 0.00104 e. The second-order valence-corrected chi connectivity index (χ2v) is 3.77. The Labute approximate surface area is 87.7 Å². The van der Waals surface area contributed by atoms with Gasteiger partial charge in [0.25, 0.3) is 0 Å². The predicted molar refractivity (Wildman–Crippen MR) is 63.5 cm³/mol. The van der Waals surface area contributed by atoms with Crippen LogP contribution >= 0.6 is 0 Å². The number of hydrogen-bond acceptors (Lipinski definition) is 0. The Hall–Kier alpha value is -1.04. The third-order valence-corrected chi connectivity index (χ3v) is 2.47. The summed E-state index contributed by atoms with van der Waals surface area (Å²) in [5.41, 5.74) is 1.40. The van der Waals surface area contributed by atoms with E-state index in [4.69, 9.17) is 0 Å². The average Bonchev–Trinajstić information content (AvgIpc) is 2.25. The van der Waals surface area contributed by atoms with E-state index in [1.807, 2.05) is 0 Å². The van der Waals surface area contributed by atoms with Gasteiger partial charge in [0.2, 0.25) is 0 Å². The van der Waals surface area contributed by atoms with Crippen LogP contribution in [0.25, 0.3) is 0 Å². The summed E-state index contributed by atoms with van der Waals surface area (Å²) in [7, 11) is 0. The van der Waals surface area contributed by atoms with Gasteiger partial charge in [0.15, 0.2) is 0 Å². The molecule has 0 heteroatoms. The second kappa shape index (κ2) is 6.42. The third kappa shape index (κ3) is 3.78. The fourth-order valence-electron chi connectivity index (χ4n) is 1.49. The van der Waals surface area contributed by atoms with E-state index in [1.54, 1.807) is 0 Å². The summed E-state index contributed by atoms with van der Waals surface area (Å²) < 4.78 is 0. The van der Waals surface area contributed by atoms with Crippen molar-refractivity contribution >= 4 is 0 Å². The lowest BCUT2D eigenvalue weighted by molar-refractivity contribution is 0.808. The average molecular weight is 188 g/mol. The number of benzene rings is 1. The van der Waals surface area contributed by atoms with E-state index in [0.29, 0.717) is 5.92 Å². The molecular formula is C14H20. The lowest BCUT2D eigenvalue weighted by Gasteiger charge is -2.05. The highest BCUT2D eigenvalue weighted by Crippen LogP contribution is 2.16. The summed E-state index contributed by atoms with van der Waals surface area (Å²) in [5, 5.41) is 0. The van der Waals surface area contributed by atoms with E-state index in [2.05, 4.69) is 56.3 Å². The molecule has 0 spiro atoms. The molecule has 0 saturated heterocycles. The maximum atomic E-state index is 2.31. The largest absolute Gasteiger partial charge is 0.0879 e. The van der Waals surface area contributed by atoms with Crippen LogP contribution in [0.1, 0.15) is 44.6 Å². The first-order valence-corrected chi connectivity index (χ1v) is 5.56. The van der Waals surface area contributed by atoms with Gasteiger partial charge in [0.05, 0.1) is 0 Å². The zero-order valence-electron chi connectivity index (χ0n) is 9.24. The van der Waals surface area contributed by atoms with E-state index in [9.17, 15) is 0 Å². The fraction of sp³-hybridized carbons (Fsp3) is 0.429. The first kappa shape index (κ1) is 11.0. The van der Waals surface area contributed by atoms with E-state index < -0.39 is 0 Å². The maximum Gasteiger partial charge on any atom is -0.00104 e. The second-order valence-electron chi connectivity index (χ2n) is 3.77. The highest BCUT2D eigenvalue weighted by Gasteiger charge is 1.98. The quantitative estimate of drug-likeness (QED) is 0.470. The summed E-state index contributed by atoms with van der Waals surface area (Å²) in [6, 6.07) is 10.7. The van der Waals surface area contributed by atoms with Gasteiger partial charge in [0.1, 0.15) is 0 Å². The Balaban J connectivity index is 2.42. The zero-order chi connectivity index (χ0) is 10.2. The molecule has 0 heterocycles. The molecule has 0 fully saturated rings. The van der Waals surface area contributed by atoms with E-state index in [1.165, 1.54) is 24.8 Å². The lowest BCUT2D eigenvalue weighted by Crippen LogP contribution is -1.87. The maximum absolute atomic E-state index is 2.31. The van der Waals surface area contributed by atoms with Crippen molar-refractivity contribution in [2.24, 2.45) is 0 Å². The number of allylic oxidation sites excluding steroid dienone is 2. The summed E-state index contributed by atoms with van der Waals surface area (Å²) in [4.78, 5) is 0. The van der Waals surface area contributed by atoms with Crippen molar-refractivity contribution in [1.82, 2.24) is 0 Å². The Morgan fingerprint density at radius 1 is 1.21 bits per heavy atom. The van der Waals surface area contributed by atoms with Gasteiger partial charge >= 0.3 is 0 Å². The van der Waals surface area contributed by atoms with Crippen LogP contribution in [-0.2, 0) is 0 Å². The number of hydrogen-bond donors (Lipinski definition) is 0. The van der Waals surface area contributed by atoms with Gasteiger partial charge < -0.3 is 0 Å². The first-order valence-electron chi connectivity index (χ1n) is 5.56. The van der Waals surface area contributed by atoms with Crippen LogP contribution in [0.4, 0.5) is 0 Å². The summed E-state index contributed by atoms with van der Waals surface area (Å²) >= 11 is 0. The van der Waals surface area contributed by atoms with Gasteiger partial charge in [-0.05, 0) is 17.9 Å². The first-order chi connectivity index (χ1) is 6.84. The molecule has 0 aliphatic rings. The minimum absolute atomic E-state index is 0.549. The standard InChI is InChI=1S/C14H20/c1-3-4-5-7-10-13(2)14-11-8-6-9-12-14/h6-13H,3-5H2,1-2H3/b10-7+/t13-/m0/s1. The summed E-state index contributed by atoms with van der Waals surface area (Å²) in [6.45, 7) is 4.48. The van der Waals surface area contributed by atoms with Crippen LogP contribution in [0.2, 0.25) is 0 Å². The summed E-state index contributed by atoms with van der Waals surface area (Å²) in [5.74, 6) is 0.549. The van der Waals surface area contributed by atoms with Crippen molar-refractivity contribution in [2.45, 2.75) is 39.0 Å². The molecule has 0 N–H and O–H groups in total. The molecule has 14 heavy (non-hydrogen) atoms. The van der Waals surface area contributed by atoms with Gasteiger partial charge in [-0.15, -0.1) is 0 Å². The van der Waals surface area contributed by atoms with Crippen LogP contribution in [0.3, 0.4) is 0 Å². The van der Waals surface area contributed by atoms with Crippen molar-refractivity contribution in [3.05, 3.63) is 48.0 Å². The molecular weight excluding hydrogens is 168 g/mol. The van der Waals surface area contributed by atoms with Gasteiger partial charge in [-0.3, -0.25) is 0 Å². The zero-order valence-corrected chi connectivity index (χ0v) is 9.24. The molecule has 0 radical (unpaired) electrons. The molecule has 0 bridgehead atoms. The highest BCUT2D eigenvalue weighted by atomic mass is 14.0. The van der Waals surface area contributed by atoms with Crippen LogP contribution in [0.5, 0.6) is 0 Å².